The molecule has 3 nitrogen and oxygen atoms in total. The Hall–Kier alpha value is -2.56. The fourth-order valence-electron chi connectivity index (χ4n) is 4.13. The standard InChI is InChI=1S/C25H28O3Si/c1-25(2,3)29(19-12-7-5-8-13-19,20-14-9-6-10-15-20)28-22-17-11-16-21(23-18-27-23)24(22)26-4/h5-17,23H,18H2,1-4H3. The zero-order valence-corrected chi connectivity index (χ0v) is 18.5. The first kappa shape index (κ1) is 19.7. The molecular weight excluding hydrogens is 376 g/mol. The van der Waals surface area contributed by atoms with Gasteiger partial charge in [0.25, 0.3) is 0 Å². The summed E-state index contributed by atoms with van der Waals surface area (Å²) in [6, 6.07) is 27.4. The molecule has 0 aromatic heterocycles. The Morgan fingerprint density at radius 3 is 1.83 bits per heavy atom. The summed E-state index contributed by atoms with van der Waals surface area (Å²) in [5.41, 5.74) is 1.06. The van der Waals surface area contributed by atoms with E-state index in [1.54, 1.807) is 7.11 Å². The van der Waals surface area contributed by atoms with Crippen LogP contribution in [0.2, 0.25) is 5.04 Å². The molecule has 1 heterocycles. The van der Waals surface area contributed by atoms with E-state index >= 15 is 0 Å². The molecule has 4 heteroatoms. The number of ether oxygens (including phenoxy) is 2. The average Bonchev–Trinajstić information content (AvgIpc) is 3.57. The fraction of sp³-hybridized carbons (Fsp3) is 0.280. The van der Waals surface area contributed by atoms with Crippen molar-refractivity contribution in [2.24, 2.45) is 0 Å². The predicted molar refractivity (Wildman–Crippen MR) is 120 cm³/mol. The molecular formula is C25H28O3Si. The van der Waals surface area contributed by atoms with Crippen molar-refractivity contribution in [3.05, 3.63) is 84.4 Å². The summed E-state index contributed by atoms with van der Waals surface area (Å²) in [6.45, 7) is 7.57. The second-order valence-electron chi connectivity index (χ2n) is 8.47. The SMILES string of the molecule is COc1c(O[Si](c2ccccc2)(c2ccccc2)C(C)(C)C)cccc1C1CO1. The minimum atomic E-state index is -2.70. The summed E-state index contributed by atoms with van der Waals surface area (Å²) < 4.78 is 18.5. The van der Waals surface area contributed by atoms with Crippen molar-refractivity contribution in [3.63, 3.8) is 0 Å². The summed E-state index contributed by atoms with van der Waals surface area (Å²) in [5.74, 6) is 1.57. The Balaban J connectivity index is 1.94. The Morgan fingerprint density at radius 2 is 1.38 bits per heavy atom. The molecule has 0 aliphatic carbocycles. The maximum atomic E-state index is 7.14. The first-order valence-corrected chi connectivity index (χ1v) is 12.0. The third-order valence-electron chi connectivity index (χ3n) is 5.57. The molecule has 3 aromatic carbocycles. The first-order chi connectivity index (χ1) is 14.0. The highest BCUT2D eigenvalue weighted by Gasteiger charge is 2.52. The number of epoxide rings is 1. The third-order valence-corrected chi connectivity index (χ3v) is 10.5. The highest BCUT2D eigenvalue weighted by molar-refractivity contribution is 7.00. The van der Waals surface area contributed by atoms with Gasteiger partial charge in [0.15, 0.2) is 5.75 Å². The number of para-hydroxylation sites is 1. The Morgan fingerprint density at radius 1 is 0.828 bits per heavy atom. The van der Waals surface area contributed by atoms with Gasteiger partial charge < -0.3 is 13.9 Å². The molecule has 1 aliphatic rings. The van der Waals surface area contributed by atoms with Gasteiger partial charge in [0.05, 0.1) is 13.7 Å². The van der Waals surface area contributed by atoms with Crippen LogP contribution in [0.25, 0.3) is 0 Å². The molecule has 4 rings (SSSR count). The van der Waals surface area contributed by atoms with Crippen molar-refractivity contribution in [3.8, 4) is 11.5 Å². The van der Waals surface area contributed by atoms with Gasteiger partial charge in [0.1, 0.15) is 11.9 Å². The lowest BCUT2D eigenvalue weighted by Gasteiger charge is -2.43. The quantitative estimate of drug-likeness (QED) is 0.441. The molecule has 0 spiro atoms. The van der Waals surface area contributed by atoms with Crippen LogP contribution < -0.4 is 19.5 Å². The van der Waals surface area contributed by atoms with Crippen LogP contribution in [0.15, 0.2) is 78.9 Å². The van der Waals surface area contributed by atoms with E-state index in [0.717, 1.165) is 23.7 Å². The van der Waals surface area contributed by atoms with Crippen LogP contribution in [0, 0.1) is 0 Å². The second-order valence-corrected chi connectivity index (χ2v) is 12.7. The van der Waals surface area contributed by atoms with Gasteiger partial charge in [-0.25, -0.2) is 0 Å². The van der Waals surface area contributed by atoms with Crippen molar-refractivity contribution in [2.75, 3.05) is 13.7 Å². The number of methoxy groups -OCH3 is 1. The van der Waals surface area contributed by atoms with E-state index in [1.807, 2.05) is 12.1 Å². The van der Waals surface area contributed by atoms with E-state index in [4.69, 9.17) is 13.9 Å². The number of hydrogen-bond acceptors (Lipinski definition) is 3. The minimum absolute atomic E-state index is 0.104. The van der Waals surface area contributed by atoms with Crippen molar-refractivity contribution in [1.29, 1.82) is 0 Å². The molecule has 0 radical (unpaired) electrons. The zero-order valence-electron chi connectivity index (χ0n) is 17.5. The van der Waals surface area contributed by atoms with Crippen molar-refractivity contribution in [1.82, 2.24) is 0 Å². The normalized spacial score (nSPS) is 16.3. The maximum absolute atomic E-state index is 7.14. The Kier molecular flexibility index (Phi) is 5.24. The average molecular weight is 405 g/mol. The van der Waals surface area contributed by atoms with Gasteiger partial charge in [-0.2, -0.15) is 0 Å². The molecule has 0 amide bonds. The van der Waals surface area contributed by atoms with Gasteiger partial charge >= 0.3 is 8.32 Å². The molecule has 0 N–H and O–H groups in total. The monoisotopic (exact) mass is 404 g/mol. The lowest BCUT2D eigenvalue weighted by Crippen LogP contribution is -2.68. The lowest BCUT2D eigenvalue weighted by atomic mass is 10.1. The van der Waals surface area contributed by atoms with Gasteiger partial charge in [0.2, 0.25) is 0 Å². The second kappa shape index (κ2) is 7.69. The van der Waals surface area contributed by atoms with E-state index in [2.05, 4.69) is 87.5 Å². The molecule has 150 valence electrons. The van der Waals surface area contributed by atoms with Crippen LogP contribution in [0.5, 0.6) is 11.5 Å². The summed E-state index contributed by atoms with van der Waals surface area (Å²) in [7, 11) is -0.988. The van der Waals surface area contributed by atoms with Gasteiger partial charge in [-0.1, -0.05) is 93.6 Å². The smallest absolute Gasteiger partial charge is 0.320 e. The van der Waals surface area contributed by atoms with Crippen LogP contribution >= 0.6 is 0 Å². The zero-order chi connectivity index (χ0) is 20.5. The van der Waals surface area contributed by atoms with Crippen molar-refractivity contribution in [2.45, 2.75) is 31.9 Å². The van der Waals surface area contributed by atoms with Gasteiger partial charge in [-0.15, -0.1) is 0 Å². The first-order valence-electron chi connectivity index (χ1n) is 10.1. The van der Waals surface area contributed by atoms with E-state index in [-0.39, 0.29) is 11.1 Å². The van der Waals surface area contributed by atoms with Gasteiger partial charge in [-0.3, -0.25) is 0 Å². The van der Waals surface area contributed by atoms with Crippen LogP contribution in [-0.4, -0.2) is 22.0 Å². The van der Waals surface area contributed by atoms with Crippen LogP contribution in [0.4, 0.5) is 0 Å². The molecule has 1 unspecified atom stereocenters. The molecule has 29 heavy (non-hydrogen) atoms. The third kappa shape index (κ3) is 3.58. The summed E-state index contributed by atoms with van der Waals surface area (Å²) >= 11 is 0. The van der Waals surface area contributed by atoms with E-state index in [1.165, 1.54) is 10.4 Å². The van der Waals surface area contributed by atoms with Crippen molar-refractivity contribution < 1.29 is 13.9 Å². The molecule has 1 aliphatic heterocycles. The Bertz CT molecular complexity index is 921. The van der Waals surface area contributed by atoms with Crippen LogP contribution in [0.3, 0.4) is 0 Å². The maximum Gasteiger partial charge on any atom is 0.320 e. The lowest BCUT2D eigenvalue weighted by molar-refractivity contribution is 0.367. The minimum Gasteiger partial charge on any atom is -0.531 e. The van der Waals surface area contributed by atoms with Gasteiger partial charge in [0, 0.05) is 5.56 Å². The molecule has 1 saturated heterocycles. The Labute approximate surface area is 174 Å². The largest absolute Gasteiger partial charge is 0.531 e. The topological polar surface area (TPSA) is 31.0 Å². The molecule has 1 fully saturated rings. The van der Waals surface area contributed by atoms with E-state index < -0.39 is 8.32 Å². The predicted octanol–water partition coefficient (Wildman–Crippen LogP) is 4.71. The van der Waals surface area contributed by atoms with Crippen LogP contribution in [-0.2, 0) is 4.74 Å². The van der Waals surface area contributed by atoms with E-state index in [0.29, 0.717) is 0 Å². The highest BCUT2D eigenvalue weighted by atomic mass is 28.4. The van der Waals surface area contributed by atoms with E-state index in [9.17, 15) is 0 Å². The summed E-state index contributed by atoms with van der Waals surface area (Å²) in [4.78, 5) is 0. The number of rotatable bonds is 6. The fourth-order valence-corrected chi connectivity index (χ4v) is 8.55. The molecule has 3 aromatic rings. The van der Waals surface area contributed by atoms with Crippen molar-refractivity contribution >= 4 is 18.7 Å². The number of benzene rings is 3. The van der Waals surface area contributed by atoms with Crippen LogP contribution in [0.1, 0.15) is 32.4 Å². The van der Waals surface area contributed by atoms with Gasteiger partial charge in [-0.05, 0) is 21.5 Å². The molecule has 1 atom stereocenters. The highest BCUT2D eigenvalue weighted by Crippen LogP contribution is 2.44. The summed E-state index contributed by atoms with van der Waals surface area (Å²) in [6.07, 6.45) is 0.104. The molecule has 0 saturated carbocycles. The number of hydrogen-bond donors (Lipinski definition) is 0. The summed E-state index contributed by atoms with van der Waals surface area (Å²) in [5, 5.41) is 2.38. The molecule has 0 bridgehead atoms.